The van der Waals surface area contributed by atoms with Gasteiger partial charge in [0.05, 0.1) is 14.2 Å². The van der Waals surface area contributed by atoms with Gasteiger partial charge in [-0.2, -0.15) is 0 Å². The molecule has 3 amide bonds. The largest absolute Gasteiger partial charge is 0.497 e. The summed E-state index contributed by atoms with van der Waals surface area (Å²) in [6, 6.07) is 7.25. The van der Waals surface area contributed by atoms with Crippen LogP contribution in [0.2, 0.25) is 0 Å². The molecule has 1 rings (SSSR count). The number of hydrogen-bond donors (Lipinski definition) is 3. The summed E-state index contributed by atoms with van der Waals surface area (Å²) in [7, 11) is 3.52. The van der Waals surface area contributed by atoms with Crippen LogP contribution in [0.15, 0.2) is 24.3 Å². The Hall–Kier alpha value is -2.08. The molecule has 0 aliphatic heterocycles. The highest BCUT2D eigenvalue weighted by molar-refractivity contribution is 5.94. The second-order valence-corrected chi connectivity index (χ2v) is 4.57. The molecule has 6 heteroatoms. The Bertz CT molecular complexity index is 463. The predicted octanol–water partition coefficient (Wildman–Crippen LogP) is -0.444. The Morgan fingerprint density at radius 1 is 1.35 bits per heavy atom. The summed E-state index contributed by atoms with van der Waals surface area (Å²) < 4.78 is 5.16. The number of imide groups is 1. The van der Waals surface area contributed by atoms with Crippen LogP contribution in [0.4, 0.5) is 4.79 Å². The van der Waals surface area contributed by atoms with Gasteiger partial charge in [0.25, 0.3) is 5.91 Å². The van der Waals surface area contributed by atoms with Crippen molar-refractivity contribution in [3.8, 4) is 5.75 Å². The first-order chi connectivity index (χ1) is 9.55. The summed E-state index contributed by atoms with van der Waals surface area (Å²) in [4.78, 5) is 23.8. The normalized spacial score (nSPS) is 11.6. The van der Waals surface area contributed by atoms with E-state index in [1.54, 1.807) is 14.0 Å². The number of likely N-dealkylation sites (N-methyl/N-ethyl adjacent to an activating group) is 1. The van der Waals surface area contributed by atoms with Gasteiger partial charge in [0.1, 0.15) is 12.3 Å². The van der Waals surface area contributed by atoms with Crippen molar-refractivity contribution in [1.29, 1.82) is 0 Å². The quantitative estimate of drug-likeness (QED) is 0.661. The van der Waals surface area contributed by atoms with Gasteiger partial charge in [-0.15, -0.1) is 0 Å². The van der Waals surface area contributed by atoms with E-state index >= 15 is 0 Å². The number of quaternary nitrogens is 1. The fourth-order valence-corrected chi connectivity index (χ4v) is 1.84. The van der Waals surface area contributed by atoms with Crippen molar-refractivity contribution in [2.45, 2.75) is 13.5 Å². The molecule has 6 nitrogen and oxygen atoms in total. The molecular weight excluding hydrogens is 258 g/mol. The van der Waals surface area contributed by atoms with Crippen molar-refractivity contribution >= 4 is 11.9 Å². The van der Waals surface area contributed by atoms with Crippen molar-refractivity contribution in [2.75, 3.05) is 27.2 Å². The van der Waals surface area contributed by atoms with Crippen LogP contribution in [-0.2, 0) is 11.3 Å². The molecule has 3 N–H and O–H groups in total. The van der Waals surface area contributed by atoms with Crippen molar-refractivity contribution < 1.29 is 19.2 Å². The van der Waals surface area contributed by atoms with Crippen LogP contribution in [0.5, 0.6) is 5.75 Å². The van der Waals surface area contributed by atoms with Crippen LogP contribution < -0.4 is 20.3 Å². The van der Waals surface area contributed by atoms with E-state index in [1.165, 1.54) is 0 Å². The fraction of sp³-hybridized carbons (Fsp3) is 0.429. The molecule has 0 radical (unpaired) electrons. The van der Waals surface area contributed by atoms with Gasteiger partial charge in [-0.25, -0.2) is 4.79 Å². The Kier molecular flexibility index (Phi) is 6.52. The molecule has 0 heterocycles. The maximum Gasteiger partial charge on any atom is 0.321 e. The molecule has 20 heavy (non-hydrogen) atoms. The summed E-state index contributed by atoms with van der Waals surface area (Å²) in [6.45, 7) is 3.20. The molecule has 0 aromatic heterocycles. The lowest BCUT2D eigenvalue weighted by Gasteiger charge is -2.14. The van der Waals surface area contributed by atoms with Gasteiger partial charge < -0.3 is 15.0 Å². The van der Waals surface area contributed by atoms with Crippen LogP contribution in [0.3, 0.4) is 0 Å². The van der Waals surface area contributed by atoms with Gasteiger partial charge in [-0.3, -0.25) is 10.1 Å². The minimum Gasteiger partial charge on any atom is -0.497 e. The van der Waals surface area contributed by atoms with Crippen LogP contribution in [-0.4, -0.2) is 39.2 Å². The molecule has 1 aromatic carbocycles. The van der Waals surface area contributed by atoms with Gasteiger partial charge in [0.2, 0.25) is 0 Å². The number of benzene rings is 1. The fourth-order valence-electron chi connectivity index (χ4n) is 1.84. The van der Waals surface area contributed by atoms with E-state index in [2.05, 4.69) is 10.6 Å². The highest BCUT2D eigenvalue weighted by Crippen LogP contribution is 2.11. The van der Waals surface area contributed by atoms with Gasteiger partial charge in [-0.1, -0.05) is 12.1 Å². The molecule has 0 spiro atoms. The molecule has 110 valence electrons. The average molecular weight is 280 g/mol. The molecule has 0 aliphatic rings. The molecule has 0 saturated carbocycles. The minimum atomic E-state index is -0.452. The summed E-state index contributed by atoms with van der Waals surface area (Å²) >= 11 is 0. The summed E-state index contributed by atoms with van der Waals surface area (Å²) in [5.74, 6) is 0.499. The maximum atomic E-state index is 11.6. The van der Waals surface area contributed by atoms with E-state index in [9.17, 15) is 9.59 Å². The first-order valence-corrected chi connectivity index (χ1v) is 6.57. The average Bonchev–Trinajstić information content (AvgIpc) is 2.38. The lowest BCUT2D eigenvalue weighted by Crippen LogP contribution is -3.09. The van der Waals surface area contributed by atoms with E-state index in [-0.39, 0.29) is 12.5 Å². The highest BCUT2D eigenvalue weighted by Gasteiger charge is 2.13. The third kappa shape index (κ3) is 5.71. The molecular formula is C14H22N3O3+. The third-order valence-electron chi connectivity index (χ3n) is 2.69. The predicted molar refractivity (Wildman–Crippen MR) is 75.7 cm³/mol. The minimum absolute atomic E-state index is 0.231. The summed E-state index contributed by atoms with van der Waals surface area (Å²) in [5.41, 5.74) is 1.08. The van der Waals surface area contributed by atoms with E-state index in [0.717, 1.165) is 16.2 Å². The van der Waals surface area contributed by atoms with Crippen LogP contribution in [0, 0.1) is 0 Å². The van der Waals surface area contributed by atoms with Crippen LogP contribution in [0.1, 0.15) is 12.5 Å². The molecule has 1 aromatic rings. The lowest BCUT2D eigenvalue weighted by molar-refractivity contribution is -0.885. The molecule has 1 unspecified atom stereocenters. The number of hydrogen-bond acceptors (Lipinski definition) is 3. The Balaban J connectivity index is 2.44. The van der Waals surface area contributed by atoms with Crippen molar-refractivity contribution in [3.63, 3.8) is 0 Å². The number of ether oxygens (including phenoxy) is 1. The van der Waals surface area contributed by atoms with Gasteiger partial charge in [-0.05, 0) is 19.1 Å². The van der Waals surface area contributed by atoms with Crippen LogP contribution in [0.25, 0.3) is 0 Å². The zero-order valence-electron chi connectivity index (χ0n) is 12.2. The van der Waals surface area contributed by atoms with Gasteiger partial charge in [0.15, 0.2) is 6.54 Å². The second-order valence-electron chi connectivity index (χ2n) is 4.57. The van der Waals surface area contributed by atoms with E-state index < -0.39 is 6.03 Å². The third-order valence-corrected chi connectivity index (χ3v) is 2.69. The molecule has 1 atom stereocenters. The van der Waals surface area contributed by atoms with Crippen LogP contribution >= 0.6 is 0 Å². The van der Waals surface area contributed by atoms with Crippen molar-refractivity contribution in [1.82, 2.24) is 10.6 Å². The van der Waals surface area contributed by atoms with Gasteiger partial charge >= 0.3 is 6.03 Å². The summed E-state index contributed by atoms with van der Waals surface area (Å²) in [6.07, 6.45) is 0. The second kappa shape index (κ2) is 8.16. The molecule has 0 bridgehead atoms. The standard InChI is InChI=1S/C14H21N3O3/c1-4-15-14(19)16-13(18)10-17(2)9-11-6-5-7-12(8-11)20-3/h5-8H,4,9-10H2,1-3H3,(H2,15,16,18,19)/p+1. The maximum absolute atomic E-state index is 11.6. The van der Waals surface area contributed by atoms with Crippen molar-refractivity contribution in [2.24, 2.45) is 0 Å². The number of methoxy groups -OCH3 is 1. The van der Waals surface area contributed by atoms with E-state index in [0.29, 0.717) is 13.1 Å². The monoisotopic (exact) mass is 280 g/mol. The number of carbonyl (C=O) groups is 2. The number of nitrogens with one attached hydrogen (secondary N) is 3. The molecule has 0 saturated heterocycles. The molecule has 0 aliphatic carbocycles. The van der Waals surface area contributed by atoms with E-state index in [4.69, 9.17) is 4.74 Å². The zero-order chi connectivity index (χ0) is 15.0. The Morgan fingerprint density at radius 2 is 2.10 bits per heavy atom. The first-order valence-electron chi connectivity index (χ1n) is 6.57. The number of amides is 3. The Morgan fingerprint density at radius 3 is 2.75 bits per heavy atom. The van der Waals surface area contributed by atoms with E-state index in [1.807, 2.05) is 31.3 Å². The first kappa shape index (κ1) is 16.0. The zero-order valence-corrected chi connectivity index (χ0v) is 12.2. The molecule has 0 fully saturated rings. The number of urea groups is 1. The smallest absolute Gasteiger partial charge is 0.321 e. The Labute approximate surface area is 119 Å². The van der Waals surface area contributed by atoms with Gasteiger partial charge in [0, 0.05) is 12.1 Å². The van der Waals surface area contributed by atoms with Crippen molar-refractivity contribution in [3.05, 3.63) is 29.8 Å². The highest BCUT2D eigenvalue weighted by atomic mass is 16.5. The topological polar surface area (TPSA) is 71.9 Å². The number of carbonyl (C=O) groups excluding carboxylic acids is 2. The lowest BCUT2D eigenvalue weighted by atomic mass is 10.2. The SMILES string of the molecule is CCNC(=O)NC(=O)C[NH+](C)Cc1cccc(OC)c1. The summed E-state index contributed by atoms with van der Waals surface area (Å²) in [5, 5.41) is 4.80. The number of rotatable bonds is 6.